The summed E-state index contributed by atoms with van der Waals surface area (Å²) in [4.78, 5) is 12.2. The van der Waals surface area contributed by atoms with Crippen molar-refractivity contribution in [3.8, 4) is 5.75 Å². The highest BCUT2D eigenvalue weighted by Crippen LogP contribution is 2.32. The Kier molecular flexibility index (Phi) is 4.43. The van der Waals surface area contributed by atoms with Crippen LogP contribution in [-0.4, -0.2) is 24.6 Å². The second-order valence-electron chi connectivity index (χ2n) is 5.35. The van der Waals surface area contributed by atoms with Crippen LogP contribution in [0.5, 0.6) is 5.75 Å². The number of rotatable bonds is 6. The number of ether oxygens (including phenoxy) is 1. The lowest BCUT2D eigenvalue weighted by Crippen LogP contribution is -2.41. The first-order chi connectivity index (χ1) is 9.10. The van der Waals surface area contributed by atoms with E-state index in [1.54, 1.807) is 12.1 Å². The van der Waals surface area contributed by atoms with Crippen LogP contribution in [0.4, 0.5) is 0 Å². The molecule has 1 amide bonds. The number of nitrogens with two attached hydrogens (primary N) is 1. The van der Waals surface area contributed by atoms with Gasteiger partial charge in [0.2, 0.25) is 0 Å². The SMILES string of the molecule is CC(C)Oc1cccc(C(=O)NC(CN)C2CC2)c1. The molecule has 4 nitrogen and oxygen atoms in total. The van der Waals surface area contributed by atoms with Gasteiger partial charge in [-0.1, -0.05) is 6.07 Å². The zero-order chi connectivity index (χ0) is 13.8. The van der Waals surface area contributed by atoms with Gasteiger partial charge in [-0.2, -0.15) is 0 Å². The van der Waals surface area contributed by atoms with E-state index in [1.807, 2.05) is 26.0 Å². The highest BCUT2D eigenvalue weighted by atomic mass is 16.5. The molecule has 1 atom stereocenters. The van der Waals surface area contributed by atoms with Crippen molar-refractivity contribution in [2.24, 2.45) is 11.7 Å². The van der Waals surface area contributed by atoms with Crippen LogP contribution >= 0.6 is 0 Å². The third-order valence-corrected chi connectivity index (χ3v) is 3.23. The minimum atomic E-state index is -0.0726. The summed E-state index contributed by atoms with van der Waals surface area (Å²) in [7, 11) is 0. The van der Waals surface area contributed by atoms with E-state index in [1.165, 1.54) is 12.8 Å². The van der Waals surface area contributed by atoms with Gasteiger partial charge in [0.25, 0.3) is 5.91 Å². The van der Waals surface area contributed by atoms with Crippen molar-refractivity contribution in [3.63, 3.8) is 0 Å². The van der Waals surface area contributed by atoms with Gasteiger partial charge in [-0.15, -0.1) is 0 Å². The molecule has 0 heterocycles. The van der Waals surface area contributed by atoms with Crippen LogP contribution in [0.3, 0.4) is 0 Å². The Bertz CT molecular complexity index is 442. The lowest BCUT2D eigenvalue weighted by atomic mass is 10.1. The van der Waals surface area contributed by atoms with Crippen molar-refractivity contribution < 1.29 is 9.53 Å². The van der Waals surface area contributed by atoms with E-state index in [0.717, 1.165) is 5.75 Å². The molecule has 1 aliphatic rings. The molecule has 0 bridgehead atoms. The Hall–Kier alpha value is -1.55. The number of hydrogen-bond donors (Lipinski definition) is 2. The Morgan fingerprint density at radius 1 is 1.47 bits per heavy atom. The molecule has 1 fully saturated rings. The lowest BCUT2D eigenvalue weighted by Gasteiger charge is -2.16. The second-order valence-corrected chi connectivity index (χ2v) is 5.35. The smallest absolute Gasteiger partial charge is 0.251 e. The highest BCUT2D eigenvalue weighted by molar-refractivity contribution is 5.94. The molecule has 1 saturated carbocycles. The number of benzene rings is 1. The zero-order valence-electron chi connectivity index (χ0n) is 11.6. The molecule has 4 heteroatoms. The fourth-order valence-corrected chi connectivity index (χ4v) is 2.10. The fourth-order valence-electron chi connectivity index (χ4n) is 2.10. The van der Waals surface area contributed by atoms with Gasteiger partial charge in [-0.3, -0.25) is 4.79 Å². The molecular weight excluding hydrogens is 240 g/mol. The lowest BCUT2D eigenvalue weighted by molar-refractivity contribution is 0.0932. The summed E-state index contributed by atoms with van der Waals surface area (Å²) in [5.74, 6) is 1.21. The van der Waals surface area contributed by atoms with E-state index < -0.39 is 0 Å². The van der Waals surface area contributed by atoms with E-state index >= 15 is 0 Å². The molecule has 1 unspecified atom stereocenters. The molecule has 0 aliphatic heterocycles. The van der Waals surface area contributed by atoms with Crippen molar-refractivity contribution >= 4 is 5.91 Å². The maximum absolute atomic E-state index is 12.2. The summed E-state index contributed by atoms with van der Waals surface area (Å²) in [5, 5.41) is 3.01. The quantitative estimate of drug-likeness (QED) is 0.823. The van der Waals surface area contributed by atoms with Gasteiger partial charge < -0.3 is 15.8 Å². The third kappa shape index (κ3) is 3.96. The molecule has 3 N–H and O–H groups in total. The predicted octanol–water partition coefficient (Wildman–Crippen LogP) is 1.94. The maximum atomic E-state index is 12.2. The first-order valence-corrected chi connectivity index (χ1v) is 6.88. The van der Waals surface area contributed by atoms with Crippen LogP contribution in [-0.2, 0) is 0 Å². The number of hydrogen-bond acceptors (Lipinski definition) is 3. The van der Waals surface area contributed by atoms with Crippen LogP contribution in [0, 0.1) is 5.92 Å². The van der Waals surface area contributed by atoms with E-state index in [2.05, 4.69) is 5.32 Å². The number of amides is 1. The molecule has 104 valence electrons. The highest BCUT2D eigenvalue weighted by Gasteiger charge is 2.31. The minimum Gasteiger partial charge on any atom is -0.491 e. The predicted molar refractivity (Wildman–Crippen MR) is 75.2 cm³/mol. The molecular formula is C15H22N2O2. The van der Waals surface area contributed by atoms with E-state index in [9.17, 15) is 4.79 Å². The second kappa shape index (κ2) is 6.06. The Balaban J connectivity index is 2.01. The third-order valence-electron chi connectivity index (χ3n) is 3.23. The van der Waals surface area contributed by atoms with Crippen LogP contribution in [0.2, 0.25) is 0 Å². The van der Waals surface area contributed by atoms with Gasteiger partial charge in [0.1, 0.15) is 5.75 Å². The number of nitrogens with one attached hydrogen (secondary N) is 1. The Labute approximate surface area is 114 Å². The molecule has 2 rings (SSSR count). The summed E-state index contributed by atoms with van der Waals surface area (Å²) in [6.07, 6.45) is 2.43. The number of carbonyl (C=O) groups is 1. The van der Waals surface area contributed by atoms with E-state index in [-0.39, 0.29) is 18.1 Å². The summed E-state index contributed by atoms with van der Waals surface area (Å²) in [5.41, 5.74) is 6.32. The standard InChI is InChI=1S/C15H22N2O2/c1-10(2)19-13-5-3-4-12(8-13)15(18)17-14(9-16)11-6-7-11/h3-5,8,10-11,14H,6-7,9,16H2,1-2H3,(H,17,18). The summed E-state index contributed by atoms with van der Waals surface area (Å²) in [6, 6.07) is 7.36. The van der Waals surface area contributed by atoms with Gasteiger partial charge in [0.15, 0.2) is 0 Å². The van der Waals surface area contributed by atoms with Gasteiger partial charge >= 0.3 is 0 Å². The molecule has 19 heavy (non-hydrogen) atoms. The number of carbonyl (C=O) groups excluding carboxylic acids is 1. The normalized spacial score (nSPS) is 16.2. The molecule has 0 spiro atoms. The van der Waals surface area contributed by atoms with Gasteiger partial charge in [-0.25, -0.2) is 0 Å². The zero-order valence-corrected chi connectivity index (χ0v) is 11.6. The average Bonchev–Trinajstić information content (AvgIpc) is 3.19. The van der Waals surface area contributed by atoms with Gasteiger partial charge in [-0.05, 0) is 50.8 Å². The van der Waals surface area contributed by atoms with E-state index in [4.69, 9.17) is 10.5 Å². The van der Waals surface area contributed by atoms with Crippen LogP contribution in [0.1, 0.15) is 37.0 Å². The fraction of sp³-hybridized carbons (Fsp3) is 0.533. The topological polar surface area (TPSA) is 64.3 Å². The largest absolute Gasteiger partial charge is 0.491 e. The molecule has 1 aromatic rings. The first kappa shape index (κ1) is 13.9. The molecule has 0 aromatic heterocycles. The minimum absolute atomic E-state index is 0.0726. The van der Waals surface area contributed by atoms with Crippen molar-refractivity contribution in [2.45, 2.75) is 38.8 Å². The van der Waals surface area contributed by atoms with Crippen LogP contribution < -0.4 is 15.8 Å². The molecule has 0 radical (unpaired) electrons. The van der Waals surface area contributed by atoms with Gasteiger partial charge in [0, 0.05) is 18.2 Å². The molecule has 1 aliphatic carbocycles. The summed E-state index contributed by atoms with van der Waals surface area (Å²) in [6.45, 7) is 4.42. The Morgan fingerprint density at radius 3 is 2.79 bits per heavy atom. The average molecular weight is 262 g/mol. The van der Waals surface area contributed by atoms with Crippen molar-refractivity contribution in [1.29, 1.82) is 0 Å². The van der Waals surface area contributed by atoms with Crippen molar-refractivity contribution in [2.75, 3.05) is 6.54 Å². The maximum Gasteiger partial charge on any atom is 0.251 e. The monoisotopic (exact) mass is 262 g/mol. The summed E-state index contributed by atoms with van der Waals surface area (Å²) >= 11 is 0. The van der Waals surface area contributed by atoms with E-state index in [0.29, 0.717) is 18.0 Å². The van der Waals surface area contributed by atoms with Crippen LogP contribution in [0.25, 0.3) is 0 Å². The Morgan fingerprint density at radius 2 is 2.21 bits per heavy atom. The van der Waals surface area contributed by atoms with Gasteiger partial charge in [0.05, 0.1) is 6.10 Å². The van der Waals surface area contributed by atoms with Crippen molar-refractivity contribution in [1.82, 2.24) is 5.32 Å². The van der Waals surface area contributed by atoms with Crippen LogP contribution in [0.15, 0.2) is 24.3 Å². The van der Waals surface area contributed by atoms with Crippen molar-refractivity contribution in [3.05, 3.63) is 29.8 Å². The summed E-state index contributed by atoms with van der Waals surface area (Å²) < 4.78 is 5.59. The molecule has 1 aromatic carbocycles. The first-order valence-electron chi connectivity index (χ1n) is 6.88. The molecule has 0 saturated heterocycles.